The molecule has 5 heteroatoms. The fourth-order valence-corrected chi connectivity index (χ4v) is 4.17. The lowest BCUT2D eigenvalue weighted by molar-refractivity contribution is 0.131. The van der Waals surface area contributed by atoms with Crippen LogP contribution in [0, 0.1) is 11.3 Å². The van der Waals surface area contributed by atoms with Gasteiger partial charge in [0.05, 0.1) is 12.8 Å². The first-order valence-electron chi connectivity index (χ1n) is 10.0. The molecule has 0 radical (unpaired) electrons. The number of para-hydroxylation sites is 2. The second kappa shape index (κ2) is 8.65. The van der Waals surface area contributed by atoms with Crippen molar-refractivity contribution in [1.82, 2.24) is 10.6 Å². The van der Waals surface area contributed by atoms with Crippen LogP contribution in [0.2, 0.25) is 0 Å². The van der Waals surface area contributed by atoms with Crippen LogP contribution in [0.1, 0.15) is 39.0 Å². The van der Waals surface area contributed by atoms with Crippen LogP contribution in [-0.4, -0.2) is 46.3 Å². The lowest BCUT2D eigenvalue weighted by Gasteiger charge is -2.41. The van der Waals surface area contributed by atoms with Crippen molar-refractivity contribution in [3.63, 3.8) is 0 Å². The summed E-state index contributed by atoms with van der Waals surface area (Å²) >= 11 is 0. The topological polar surface area (TPSA) is 48.9 Å². The van der Waals surface area contributed by atoms with Crippen molar-refractivity contribution in [2.75, 3.05) is 45.2 Å². The summed E-state index contributed by atoms with van der Waals surface area (Å²) in [6.07, 6.45) is 6.53. The zero-order valence-electron chi connectivity index (χ0n) is 16.6. The van der Waals surface area contributed by atoms with E-state index in [1.165, 1.54) is 37.8 Å². The number of rotatable bonds is 7. The van der Waals surface area contributed by atoms with E-state index in [2.05, 4.69) is 39.6 Å². The van der Waals surface area contributed by atoms with Gasteiger partial charge >= 0.3 is 0 Å². The molecule has 26 heavy (non-hydrogen) atoms. The van der Waals surface area contributed by atoms with Gasteiger partial charge in [0.25, 0.3) is 0 Å². The average Bonchev–Trinajstić information content (AvgIpc) is 3.12. The molecule has 2 N–H and O–H groups in total. The molecular weight excluding hydrogens is 324 g/mol. The van der Waals surface area contributed by atoms with Crippen molar-refractivity contribution >= 4 is 11.6 Å². The Balaban J connectivity index is 1.46. The molecule has 0 aromatic heterocycles. The molecule has 1 atom stereocenters. The van der Waals surface area contributed by atoms with Gasteiger partial charge in [0.15, 0.2) is 5.96 Å². The molecule has 1 aromatic carbocycles. The molecule has 0 amide bonds. The van der Waals surface area contributed by atoms with E-state index in [1.807, 2.05) is 19.2 Å². The molecule has 0 spiro atoms. The first kappa shape index (κ1) is 18.9. The smallest absolute Gasteiger partial charge is 0.191 e. The average molecular weight is 359 g/mol. The van der Waals surface area contributed by atoms with Gasteiger partial charge in [-0.05, 0) is 49.1 Å². The van der Waals surface area contributed by atoms with Gasteiger partial charge in [0.1, 0.15) is 5.75 Å². The molecule has 1 aliphatic carbocycles. The summed E-state index contributed by atoms with van der Waals surface area (Å²) in [7, 11) is 3.61. The fourth-order valence-electron chi connectivity index (χ4n) is 4.17. The van der Waals surface area contributed by atoms with Crippen molar-refractivity contribution in [1.29, 1.82) is 0 Å². The second-order valence-corrected chi connectivity index (χ2v) is 7.79. The maximum Gasteiger partial charge on any atom is 0.191 e. The Labute approximate surface area is 158 Å². The van der Waals surface area contributed by atoms with E-state index >= 15 is 0 Å². The third-order valence-electron chi connectivity index (χ3n) is 6.29. The summed E-state index contributed by atoms with van der Waals surface area (Å²) in [5, 5.41) is 7.09. The minimum absolute atomic E-state index is 0.506. The monoisotopic (exact) mass is 358 g/mol. The molecule has 1 saturated heterocycles. The Morgan fingerprint density at radius 2 is 2.12 bits per heavy atom. The van der Waals surface area contributed by atoms with Crippen molar-refractivity contribution in [2.45, 2.75) is 39.0 Å². The lowest BCUT2D eigenvalue weighted by Crippen LogP contribution is -2.47. The van der Waals surface area contributed by atoms with Gasteiger partial charge in [-0.2, -0.15) is 0 Å². The van der Waals surface area contributed by atoms with Crippen LogP contribution in [0.5, 0.6) is 5.75 Å². The molecule has 1 aliphatic heterocycles. The van der Waals surface area contributed by atoms with Crippen LogP contribution in [0.25, 0.3) is 0 Å². The highest BCUT2D eigenvalue weighted by molar-refractivity contribution is 5.79. The van der Waals surface area contributed by atoms with Crippen LogP contribution in [0.4, 0.5) is 5.69 Å². The van der Waals surface area contributed by atoms with Crippen LogP contribution in [0.3, 0.4) is 0 Å². The minimum Gasteiger partial charge on any atom is -0.495 e. The number of methoxy groups -OCH3 is 1. The molecule has 1 unspecified atom stereocenters. The summed E-state index contributed by atoms with van der Waals surface area (Å²) in [4.78, 5) is 6.84. The highest BCUT2D eigenvalue weighted by Gasteiger charge is 2.35. The Bertz CT molecular complexity index is 606. The molecule has 1 saturated carbocycles. The normalized spacial score (nSPS) is 22.0. The highest BCUT2D eigenvalue weighted by Crippen LogP contribution is 2.43. The first-order chi connectivity index (χ1) is 12.7. The molecular formula is C21H34N4O. The lowest BCUT2D eigenvalue weighted by atomic mass is 9.67. The molecule has 1 heterocycles. The van der Waals surface area contributed by atoms with Crippen LogP contribution >= 0.6 is 0 Å². The molecule has 2 aliphatic rings. The van der Waals surface area contributed by atoms with Gasteiger partial charge in [-0.25, -0.2) is 0 Å². The number of ether oxygens (including phenoxy) is 1. The van der Waals surface area contributed by atoms with E-state index in [9.17, 15) is 0 Å². The van der Waals surface area contributed by atoms with E-state index in [0.29, 0.717) is 11.3 Å². The standard InChI is InChI=1S/C21H34N4O/c1-4-21(11-7-12-21)16-24-20(22-2)23-14-17-10-13-25(15-17)18-8-5-6-9-19(18)26-3/h5-6,8-9,17H,4,7,10-16H2,1-3H3,(H2,22,23,24). The second-order valence-electron chi connectivity index (χ2n) is 7.79. The third-order valence-corrected chi connectivity index (χ3v) is 6.29. The number of hydrogen-bond donors (Lipinski definition) is 2. The van der Waals surface area contributed by atoms with Gasteiger partial charge in [0.2, 0.25) is 0 Å². The number of guanidine groups is 1. The van der Waals surface area contributed by atoms with Gasteiger partial charge in [-0.3, -0.25) is 4.99 Å². The molecule has 5 nitrogen and oxygen atoms in total. The predicted molar refractivity (Wildman–Crippen MR) is 109 cm³/mol. The summed E-state index contributed by atoms with van der Waals surface area (Å²) in [6.45, 7) is 6.45. The number of hydrogen-bond acceptors (Lipinski definition) is 3. The van der Waals surface area contributed by atoms with Gasteiger partial charge < -0.3 is 20.3 Å². The van der Waals surface area contributed by atoms with Crippen LogP contribution in [0.15, 0.2) is 29.3 Å². The molecule has 3 rings (SSSR count). The van der Waals surface area contributed by atoms with Gasteiger partial charge in [-0.15, -0.1) is 0 Å². The number of anilines is 1. The van der Waals surface area contributed by atoms with E-state index in [0.717, 1.165) is 37.9 Å². The molecule has 0 bridgehead atoms. The van der Waals surface area contributed by atoms with Crippen molar-refractivity contribution in [2.24, 2.45) is 16.3 Å². The van der Waals surface area contributed by atoms with Crippen molar-refractivity contribution in [3.05, 3.63) is 24.3 Å². The fraction of sp³-hybridized carbons (Fsp3) is 0.667. The summed E-state index contributed by atoms with van der Waals surface area (Å²) in [5.41, 5.74) is 1.71. The Morgan fingerprint density at radius 3 is 2.77 bits per heavy atom. The highest BCUT2D eigenvalue weighted by atomic mass is 16.5. The largest absolute Gasteiger partial charge is 0.495 e. The summed E-state index contributed by atoms with van der Waals surface area (Å²) < 4.78 is 5.51. The maximum absolute atomic E-state index is 5.51. The Morgan fingerprint density at radius 1 is 1.31 bits per heavy atom. The number of nitrogens with one attached hydrogen (secondary N) is 2. The summed E-state index contributed by atoms with van der Waals surface area (Å²) in [6, 6.07) is 8.30. The van der Waals surface area contributed by atoms with E-state index in [4.69, 9.17) is 4.74 Å². The van der Waals surface area contributed by atoms with E-state index in [-0.39, 0.29) is 0 Å². The predicted octanol–water partition coefficient (Wildman–Crippen LogP) is 3.27. The molecule has 2 fully saturated rings. The Hall–Kier alpha value is -1.91. The van der Waals surface area contributed by atoms with Gasteiger partial charge in [0, 0.05) is 33.2 Å². The molecule has 1 aromatic rings. The van der Waals surface area contributed by atoms with Crippen LogP contribution < -0.4 is 20.3 Å². The quantitative estimate of drug-likeness (QED) is 0.580. The van der Waals surface area contributed by atoms with Crippen molar-refractivity contribution in [3.8, 4) is 5.75 Å². The van der Waals surface area contributed by atoms with Crippen molar-refractivity contribution < 1.29 is 4.74 Å². The minimum atomic E-state index is 0.506. The maximum atomic E-state index is 5.51. The molecule has 144 valence electrons. The van der Waals surface area contributed by atoms with E-state index in [1.54, 1.807) is 7.11 Å². The summed E-state index contributed by atoms with van der Waals surface area (Å²) in [5.74, 6) is 2.53. The van der Waals surface area contributed by atoms with E-state index < -0.39 is 0 Å². The Kier molecular flexibility index (Phi) is 6.28. The van der Waals surface area contributed by atoms with Gasteiger partial charge in [-0.1, -0.05) is 25.5 Å². The number of benzene rings is 1. The SMILES string of the molecule is CCC1(CNC(=NC)NCC2CCN(c3ccccc3OC)C2)CCC1. The number of aliphatic imine (C=N–C) groups is 1. The van der Waals surface area contributed by atoms with Crippen LogP contribution in [-0.2, 0) is 0 Å². The zero-order chi connectivity index (χ0) is 18.4. The number of nitrogens with zero attached hydrogens (tertiary/aromatic N) is 2. The first-order valence-corrected chi connectivity index (χ1v) is 10.0. The zero-order valence-corrected chi connectivity index (χ0v) is 16.6. The third kappa shape index (κ3) is 4.25.